The molecule has 0 unspecified atom stereocenters. The van der Waals surface area contributed by atoms with Gasteiger partial charge in [-0.05, 0) is 23.9 Å². The second-order valence-corrected chi connectivity index (χ2v) is 4.59. The van der Waals surface area contributed by atoms with Crippen molar-refractivity contribution in [3.63, 3.8) is 0 Å². The Bertz CT molecular complexity index is 781. The third-order valence-electron chi connectivity index (χ3n) is 2.20. The monoisotopic (exact) mass is 290 g/mol. The zero-order valence-corrected chi connectivity index (χ0v) is 10.5. The third kappa shape index (κ3) is 2.93. The molecule has 0 aliphatic rings. The fourth-order valence-electron chi connectivity index (χ4n) is 1.39. The molecule has 0 amide bonds. The van der Waals surface area contributed by atoms with Crippen LogP contribution in [0.25, 0.3) is 0 Å². The molecule has 0 aliphatic heterocycles. The minimum Gasteiger partial charge on any atom is -0.493 e. The van der Waals surface area contributed by atoms with Gasteiger partial charge in [0.1, 0.15) is 0 Å². The molecule has 2 N–H and O–H groups in total. The average Bonchev–Trinajstić information content (AvgIpc) is 2.37. The van der Waals surface area contributed by atoms with Crippen LogP contribution in [0.5, 0.6) is 5.88 Å². The first-order chi connectivity index (χ1) is 9.49. The van der Waals surface area contributed by atoms with Crippen LogP contribution in [0.4, 0.5) is 5.69 Å². The van der Waals surface area contributed by atoms with Crippen molar-refractivity contribution in [1.82, 2.24) is 9.97 Å². The van der Waals surface area contributed by atoms with Gasteiger partial charge in [0.25, 0.3) is 11.2 Å². The maximum absolute atomic E-state index is 11.2. The fraction of sp³-hybridized carbons (Fsp3) is 0. The second kappa shape index (κ2) is 5.41. The van der Waals surface area contributed by atoms with E-state index in [1.807, 2.05) is 0 Å². The number of hydrogen-bond acceptors (Lipinski definition) is 7. The molecule has 1 aromatic heterocycles. The normalized spacial score (nSPS) is 9.95. The number of benzene rings is 1. The lowest BCUT2D eigenvalue weighted by Gasteiger charge is -2.02. The summed E-state index contributed by atoms with van der Waals surface area (Å²) in [5.74, 6) is -0.479. The maximum Gasteiger partial charge on any atom is 0.284 e. The van der Waals surface area contributed by atoms with Crippen LogP contribution < -0.4 is 5.56 Å². The highest BCUT2D eigenvalue weighted by Crippen LogP contribution is 2.33. The molecular formula is C11H6N4O4S. The van der Waals surface area contributed by atoms with E-state index in [0.29, 0.717) is 0 Å². The van der Waals surface area contributed by atoms with Crippen LogP contribution in [0.1, 0.15) is 5.56 Å². The number of nitriles is 1. The van der Waals surface area contributed by atoms with E-state index in [0.717, 1.165) is 23.9 Å². The van der Waals surface area contributed by atoms with Gasteiger partial charge in [0.2, 0.25) is 5.88 Å². The number of nitrogens with one attached hydrogen (secondary N) is 1. The van der Waals surface area contributed by atoms with Crippen molar-refractivity contribution in [3.8, 4) is 11.9 Å². The highest BCUT2D eigenvalue weighted by atomic mass is 32.2. The first-order valence-corrected chi connectivity index (χ1v) is 5.98. The van der Waals surface area contributed by atoms with E-state index in [-0.39, 0.29) is 21.3 Å². The smallest absolute Gasteiger partial charge is 0.284 e. The van der Waals surface area contributed by atoms with Crippen molar-refractivity contribution in [3.05, 3.63) is 50.3 Å². The Labute approximate surface area is 115 Å². The summed E-state index contributed by atoms with van der Waals surface area (Å²) in [5, 5.41) is 28.9. The van der Waals surface area contributed by atoms with Crippen LogP contribution in [0, 0.1) is 21.4 Å². The van der Waals surface area contributed by atoms with Crippen molar-refractivity contribution in [2.45, 2.75) is 10.1 Å². The zero-order valence-electron chi connectivity index (χ0n) is 9.73. The van der Waals surface area contributed by atoms with Crippen LogP contribution in [0.3, 0.4) is 0 Å². The van der Waals surface area contributed by atoms with E-state index in [1.54, 1.807) is 6.07 Å². The van der Waals surface area contributed by atoms with Crippen LogP contribution in [0.15, 0.2) is 39.1 Å². The number of aromatic hydroxyl groups is 1. The van der Waals surface area contributed by atoms with Gasteiger partial charge in [-0.25, -0.2) is 0 Å². The number of nitro benzene ring substituents is 1. The van der Waals surface area contributed by atoms with Crippen LogP contribution >= 0.6 is 11.8 Å². The van der Waals surface area contributed by atoms with Gasteiger partial charge >= 0.3 is 0 Å². The summed E-state index contributed by atoms with van der Waals surface area (Å²) in [7, 11) is 0. The molecular weight excluding hydrogens is 284 g/mol. The lowest BCUT2D eigenvalue weighted by atomic mass is 10.2. The Hall–Kier alpha value is -2.86. The average molecular weight is 290 g/mol. The Kier molecular flexibility index (Phi) is 3.67. The molecule has 0 spiro atoms. The van der Waals surface area contributed by atoms with Crippen molar-refractivity contribution in [1.29, 1.82) is 5.26 Å². The lowest BCUT2D eigenvalue weighted by Crippen LogP contribution is -2.06. The van der Waals surface area contributed by atoms with E-state index in [2.05, 4.69) is 9.97 Å². The topological polar surface area (TPSA) is 133 Å². The van der Waals surface area contributed by atoms with Crippen LogP contribution in [-0.2, 0) is 0 Å². The first kappa shape index (κ1) is 13.6. The molecule has 2 aromatic rings. The van der Waals surface area contributed by atoms with Gasteiger partial charge in [-0.15, -0.1) is 0 Å². The second-order valence-electron chi connectivity index (χ2n) is 3.56. The van der Waals surface area contributed by atoms with Crippen molar-refractivity contribution >= 4 is 17.4 Å². The van der Waals surface area contributed by atoms with Crippen LogP contribution in [-0.4, -0.2) is 20.0 Å². The number of nitro groups is 1. The van der Waals surface area contributed by atoms with E-state index >= 15 is 0 Å². The van der Waals surface area contributed by atoms with Gasteiger partial charge in [0.15, 0.2) is 5.16 Å². The van der Waals surface area contributed by atoms with Crippen LogP contribution in [0.2, 0.25) is 0 Å². The van der Waals surface area contributed by atoms with Crippen molar-refractivity contribution in [2.75, 3.05) is 0 Å². The lowest BCUT2D eigenvalue weighted by molar-refractivity contribution is -0.387. The molecule has 0 fully saturated rings. The number of rotatable bonds is 3. The SMILES string of the molecule is N#Cc1ccc(Sc2nc(O)cc(=O)[nH]2)c([N+](=O)[O-])c1. The number of hydrogen-bond donors (Lipinski definition) is 2. The number of aromatic amines is 1. The molecule has 0 bridgehead atoms. The van der Waals surface area contributed by atoms with E-state index in [4.69, 9.17) is 5.26 Å². The Morgan fingerprint density at radius 3 is 2.80 bits per heavy atom. The van der Waals surface area contributed by atoms with Gasteiger partial charge in [-0.2, -0.15) is 10.2 Å². The van der Waals surface area contributed by atoms with Gasteiger partial charge in [-0.3, -0.25) is 14.9 Å². The maximum atomic E-state index is 11.2. The van der Waals surface area contributed by atoms with Gasteiger partial charge < -0.3 is 10.1 Å². The summed E-state index contributed by atoms with van der Waals surface area (Å²) < 4.78 is 0. The molecule has 8 nitrogen and oxygen atoms in total. The molecule has 20 heavy (non-hydrogen) atoms. The number of H-pyrrole nitrogens is 1. The highest BCUT2D eigenvalue weighted by molar-refractivity contribution is 7.99. The predicted molar refractivity (Wildman–Crippen MR) is 68.5 cm³/mol. The molecule has 0 saturated heterocycles. The number of aromatic nitrogens is 2. The van der Waals surface area contributed by atoms with Crippen molar-refractivity contribution < 1.29 is 10.0 Å². The summed E-state index contributed by atoms with van der Waals surface area (Å²) in [4.78, 5) is 27.7. The van der Waals surface area contributed by atoms with Gasteiger partial charge in [-0.1, -0.05) is 0 Å². The minimum absolute atomic E-state index is 0.0165. The standard InChI is InChI=1S/C11H6N4O4S/c12-5-6-1-2-8(7(3-6)15(18)19)20-11-13-9(16)4-10(17)14-11/h1-4H,(H2,13,14,16,17). The Morgan fingerprint density at radius 2 is 2.20 bits per heavy atom. The summed E-state index contributed by atoms with van der Waals surface area (Å²) in [5.41, 5.74) is -0.699. The zero-order chi connectivity index (χ0) is 14.7. The molecule has 2 rings (SSSR count). The number of nitrogens with zero attached hydrogens (tertiary/aromatic N) is 3. The Balaban J connectivity index is 2.45. The van der Waals surface area contributed by atoms with E-state index in [1.165, 1.54) is 12.1 Å². The van der Waals surface area contributed by atoms with Gasteiger partial charge in [0, 0.05) is 6.07 Å². The van der Waals surface area contributed by atoms with E-state index < -0.39 is 16.4 Å². The molecule has 0 aliphatic carbocycles. The molecule has 0 radical (unpaired) electrons. The molecule has 9 heteroatoms. The third-order valence-corrected chi connectivity index (χ3v) is 3.15. The summed E-state index contributed by atoms with van der Waals surface area (Å²) in [6, 6.07) is 6.61. The Morgan fingerprint density at radius 1 is 1.45 bits per heavy atom. The molecule has 0 atom stereocenters. The van der Waals surface area contributed by atoms with E-state index in [9.17, 15) is 20.0 Å². The quantitative estimate of drug-likeness (QED) is 0.496. The summed E-state index contributed by atoms with van der Waals surface area (Å²) >= 11 is 0.812. The largest absolute Gasteiger partial charge is 0.493 e. The summed E-state index contributed by atoms with van der Waals surface area (Å²) in [6.07, 6.45) is 0. The first-order valence-electron chi connectivity index (χ1n) is 5.16. The molecule has 1 heterocycles. The molecule has 0 saturated carbocycles. The van der Waals surface area contributed by atoms with Gasteiger partial charge in [0.05, 0.1) is 27.5 Å². The fourth-order valence-corrected chi connectivity index (χ4v) is 2.26. The summed E-state index contributed by atoms with van der Waals surface area (Å²) in [6.45, 7) is 0. The molecule has 1 aromatic carbocycles. The molecule has 100 valence electrons. The van der Waals surface area contributed by atoms with Crippen molar-refractivity contribution in [2.24, 2.45) is 0 Å². The highest BCUT2D eigenvalue weighted by Gasteiger charge is 2.17. The minimum atomic E-state index is -0.635. The predicted octanol–water partition coefficient (Wildman–Crippen LogP) is 1.41.